The molecule has 1 amide bonds. The lowest BCUT2D eigenvalue weighted by Gasteiger charge is -2.22. The van der Waals surface area contributed by atoms with E-state index in [1.165, 1.54) is 26.2 Å². The lowest BCUT2D eigenvalue weighted by atomic mass is 10.0. The van der Waals surface area contributed by atoms with Crippen LogP contribution in [0.4, 0.5) is 15.8 Å². The van der Waals surface area contributed by atoms with Crippen LogP contribution in [0.3, 0.4) is 0 Å². The number of aromatic nitrogens is 4. The van der Waals surface area contributed by atoms with Gasteiger partial charge in [0.2, 0.25) is 0 Å². The number of pyridine rings is 1. The molecule has 4 aromatic heterocycles. The number of nitriles is 1. The van der Waals surface area contributed by atoms with Crippen LogP contribution in [-0.4, -0.2) is 48.9 Å². The van der Waals surface area contributed by atoms with Gasteiger partial charge in [0.25, 0.3) is 5.91 Å². The van der Waals surface area contributed by atoms with Crippen LogP contribution in [0.5, 0.6) is 0 Å². The highest BCUT2D eigenvalue weighted by atomic mass is 19.1. The quantitative estimate of drug-likeness (QED) is 0.255. The molecule has 0 aliphatic heterocycles. The van der Waals surface area contributed by atoms with E-state index in [0.29, 0.717) is 45.5 Å². The molecule has 1 atom stereocenters. The highest BCUT2D eigenvalue weighted by Gasteiger charge is 2.27. The topological polar surface area (TPSA) is 141 Å². The first-order valence-corrected chi connectivity index (χ1v) is 12.5. The number of nitrogens with one attached hydrogen (secondary N) is 2. The minimum atomic E-state index is -1.66. The summed E-state index contributed by atoms with van der Waals surface area (Å²) in [6, 6.07) is 16.5. The number of oxazole rings is 1. The molecule has 0 radical (unpaired) electrons. The second-order valence-electron chi connectivity index (χ2n) is 9.80. The normalized spacial score (nSPS) is 12.2. The van der Waals surface area contributed by atoms with Gasteiger partial charge in [0.05, 0.1) is 58.3 Å². The number of amides is 1. The number of hydrogen-bond acceptors (Lipinski definition) is 8. The predicted molar refractivity (Wildman–Crippen MR) is 147 cm³/mol. The summed E-state index contributed by atoms with van der Waals surface area (Å²) in [4.78, 5) is 21.7. The first kappa shape index (κ1) is 26.5. The van der Waals surface area contributed by atoms with Crippen molar-refractivity contribution in [2.24, 2.45) is 0 Å². The molecule has 0 saturated carbocycles. The molecule has 0 aliphatic carbocycles. The number of rotatable bonds is 8. The van der Waals surface area contributed by atoms with E-state index >= 15 is 0 Å². The van der Waals surface area contributed by atoms with Gasteiger partial charge in [0, 0.05) is 24.4 Å². The number of hydrogen-bond donors (Lipinski definition) is 3. The monoisotopic (exact) mass is 539 g/mol. The van der Waals surface area contributed by atoms with E-state index in [4.69, 9.17) is 4.42 Å². The van der Waals surface area contributed by atoms with E-state index in [2.05, 4.69) is 31.8 Å². The highest BCUT2D eigenvalue weighted by Crippen LogP contribution is 2.29. The van der Waals surface area contributed by atoms with Crippen LogP contribution < -0.4 is 10.6 Å². The van der Waals surface area contributed by atoms with E-state index in [1.807, 2.05) is 36.4 Å². The van der Waals surface area contributed by atoms with Gasteiger partial charge in [0.1, 0.15) is 12.2 Å². The third-order valence-corrected chi connectivity index (χ3v) is 6.32. The van der Waals surface area contributed by atoms with E-state index in [-0.39, 0.29) is 12.1 Å². The molecular formula is C29H26FN7O3. The molecule has 0 bridgehead atoms. The van der Waals surface area contributed by atoms with Crippen molar-refractivity contribution < 1.29 is 18.7 Å². The average Bonchev–Trinajstić information content (AvgIpc) is 3.57. The number of benzene rings is 1. The highest BCUT2D eigenvalue weighted by molar-refractivity contribution is 6.00. The van der Waals surface area contributed by atoms with Crippen LogP contribution in [0.15, 0.2) is 71.5 Å². The van der Waals surface area contributed by atoms with E-state index < -0.39 is 17.7 Å². The zero-order valence-corrected chi connectivity index (χ0v) is 22.0. The molecule has 11 heteroatoms. The predicted octanol–water partition coefficient (Wildman–Crippen LogP) is 4.81. The number of alkyl halides is 1. The maximum Gasteiger partial charge on any atom is 0.255 e. The van der Waals surface area contributed by atoms with Crippen LogP contribution in [-0.2, 0) is 0 Å². The number of aliphatic hydroxyl groups is 1. The number of carbonyl (C=O) groups excluding carboxylic acids is 1. The lowest BCUT2D eigenvalue weighted by Crippen LogP contribution is -2.42. The second-order valence-corrected chi connectivity index (χ2v) is 9.80. The maximum atomic E-state index is 14.3. The molecule has 4 heterocycles. The van der Waals surface area contributed by atoms with Crippen LogP contribution in [0.2, 0.25) is 0 Å². The van der Waals surface area contributed by atoms with Crippen molar-refractivity contribution in [3.63, 3.8) is 0 Å². The van der Waals surface area contributed by atoms with Crippen LogP contribution in [0, 0.1) is 18.3 Å². The Morgan fingerprint density at radius 1 is 1.15 bits per heavy atom. The molecule has 0 spiro atoms. The zero-order valence-electron chi connectivity index (χ0n) is 22.0. The van der Waals surface area contributed by atoms with E-state index in [9.17, 15) is 19.6 Å². The van der Waals surface area contributed by atoms with Gasteiger partial charge in [-0.3, -0.25) is 9.78 Å². The second kappa shape index (κ2) is 10.6. The van der Waals surface area contributed by atoms with Gasteiger partial charge in [-0.15, -0.1) is 0 Å². The Balaban J connectivity index is 1.49. The number of anilines is 2. The molecule has 5 aromatic rings. The molecule has 5 rings (SSSR count). The van der Waals surface area contributed by atoms with Crippen molar-refractivity contribution in [2.75, 3.05) is 11.9 Å². The fourth-order valence-corrected chi connectivity index (χ4v) is 4.03. The standard InChI is InChI=1S/C29H26FN7O3/c1-17-32-15-26(40-17)19-4-6-20(7-5-19)36-23-11-24(25-9-8-21-10-18(12-31)13-35-37(21)25)33-14-22(23)28(38)34-16-27(30)29(2,3)39/h4-11,13-15,27,39H,16H2,1-3H3,(H,33,36)(H,34,38). The van der Waals surface area contributed by atoms with Crippen molar-refractivity contribution in [1.82, 2.24) is 24.9 Å². The lowest BCUT2D eigenvalue weighted by molar-refractivity contribution is -0.00177. The molecule has 10 nitrogen and oxygen atoms in total. The molecular weight excluding hydrogens is 513 g/mol. The van der Waals surface area contributed by atoms with Gasteiger partial charge in [-0.1, -0.05) is 0 Å². The Kier molecular flexibility index (Phi) is 7.02. The minimum absolute atomic E-state index is 0.183. The summed E-state index contributed by atoms with van der Waals surface area (Å²) in [6.45, 7) is 4.08. The molecule has 202 valence electrons. The fourth-order valence-electron chi connectivity index (χ4n) is 4.03. The summed E-state index contributed by atoms with van der Waals surface area (Å²) < 4.78 is 21.6. The smallest absolute Gasteiger partial charge is 0.255 e. The summed E-state index contributed by atoms with van der Waals surface area (Å²) in [5, 5.41) is 29.2. The molecule has 40 heavy (non-hydrogen) atoms. The van der Waals surface area contributed by atoms with Gasteiger partial charge in [-0.25, -0.2) is 13.9 Å². The molecule has 3 N–H and O–H groups in total. The van der Waals surface area contributed by atoms with Crippen LogP contribution >= 0.6 is 0 Å². The van der Waals surface area contributed by atoms with Crippen molar-refractivity contribution in [2.45, 2.75) is 32.5 Å². The van der Waals surface area contributed by atoms with E-state index in [1.54, 1.807) is 29.8 Å². The Morgan fingerprint density at radius 2 is 1.93 bits per heavy atom. The molecule has 0 fully saturated rings. The summed E-state index contributed by atoms with van der Waals surface area (Å²) in [6.07, 6.45) is 2.85. The Bertz CT molecular complexity index is 1730. The first-order chi connectivity index (χ1) is 19.1. The average molecular weight is 540 g/mol. The number of aryl methyl sites for hydroxylation is 1. The molecule has 1 aromatic carbocycles. The summed E-state index contributed by atoms with van der Waals surface area (Å²) in [5.74, 6) is 0.641. The number of carbonyl (C=O) groups is 1. The molecule has 1 unspecified atom stereocenters. The summed E-state index contributed by atoms with van der Waals surface area (Å²) in [7, 11) is 0. The third-order valence-electron chi connectivity index (χ3n) is 6.32. The van der Waals surface area contributed by atoms with Gasteiger partial charge in [0.15, 0.2) is 11.7 Å². The number of halogens is 1. The van der Waals surface area contributed by atoms with E-state index in [0.717, 1.165) is 5.56 Å². The maximum absolute atomic E-state index is 14.3. The fraction of sp³-hybridized carbons (Fsp3) is 0.207. The molecule has 0 saturated heterocycles. The largest absolute Gasteiger partial charge is 0.441 e. The van der Waals surface area contributed by atoms with Gasteiger partial charge in [-0.2, -0.15) is 10.4 Å². The van der Waals surface area contributed by atoms with Crippen LogP contribution in [0.1, 0.15) is 35.7 Å². The van der Waals surface area contributed by atoms with Crippen molar-refractivity contribution >= 4 is 22.8 Å². The Morgan fingerprint density at radius 3 is 2.60 bits per heavy atom. The van der Waals surface area contributed by atoms with Gasteiger partial charge < -0.3 is 20.2 Å². The van der Waals surface area contributed by atoms with Gasteiger partial charge >= 0.3 is 0 Å². The van der Waals surface area contributed by atoms with Gasteiger partial charge in [-0.05, 0) is 62.4 Å². The number of fused-ring (bicyclic) bond motifs is 1. The van der Waals surface area contributed by atoms with Crippen LogP contribution in [0.25, 0.3) is 28.2 Å². The first-order valence-electron chi connectivity index (χ1n) is 12.5. The molecule has 0 aliphatic rings. The SMILES string of the molecule is Cc1ncc(-c2ccc(Nc3cc(-c4ccc5cc(C#N)cnn45)ncc3C(=O)NCC(F)C(C)(C)O)cc2)o1. The van der Waals surface area contributed by atoms with Crippen molar-refractivity contribution in [3.05, 3.63) is 84.1 Å². The zero-order chi connectivity index (χ0) is 28.4. The summed E-state index contributed by atoms with van der Waals surface area (Å²) in [5.41, 5.74) is 2.84. The Hall–Kier alpha value is -5.08. The minimum Gasteiger partial charge on any atom is -0.441 e. The van der Waals surface area contributed by atoms with Crippen molar-refractivity contribution in [1.29, 1.82) is 5.26 Å². The summed E-state index contributed by atoms with van der Waals surface area (Å²) >= 11 is 0. The Labute approximate surface area is 229 Å². The third kappa shape index (κ3) is 5.52. The van der Waals surface area contributed by atoms with Crippen molar-refractivity contribution in [3.8, 4) is 28.8 Å². The number of nitrogens with zero attached hydrogens (tertiary/aromatic N) is 5.